The highest BCUT2D eigenvalue weighted by molar-refractivity contribution is 7.94. The molecular formula is C20H23N3O4S. The summed E-state index contributed by atoms with van der Waals surface area (Å²) in [6.07, 6.45) is 0.750. The van der Waals surface area contributed by atoms with Gasteiger partial charge in [0.15, 0.2) is 0 Å². The average molecular weight is 401 g/mol. The number of hydrogen-bond donors (Lipinski definition) is 1. The number of carbonyl (C=O) groups excluding carboxylic acids is 2. The van der Waals surface area contributed by atoms with Crippen molar-refractivity contribution in [1.29, 1.82) is 0 Å². The van der Waals surface area contributed by atoms with E-state index in [1.54, 1.807) is 36.4 Å². The van der Waals surface area contributed by atoms with Gasteiger partial charge in [0, 0.05) is 6.04 Å². The second kappa shape index (κ2) is 7.63. The van der Waals surface area contributed by atoms with E-state index in [-0.39, 0.29) is 34.8 Å². The van der Waals surface area contributed by atoms with Crippen LogP contribution >= 0.6 is 0 Å². The maximum Gasteiger partial charge on any atom is 0.343 e. The summed E-state index contributed by atoms with van der Waals surface area (Å²) in [7, 11) is -4.08. The lowest BCUT2D eigenvalue weighted by atomic mass is 10.2. The third-order valence-corrected chi connectivity index (χ3v) is 6.42. The van der Waals surface area contributed by atoms with Crippen LogP contribution in [0.3, 0.4) is 0 Å². The van der Waals surface area contributed by atoms with Crippen LogP contribution in [0.1, 0.15) is 25.8 Å². The standard InChI is InChI=1S/C20H23N3O4S/c1-4-15(3)21-19(24)13-22-17-7-5-6-8-18(17)28(26,27)23(20(22)25)16-11-9-14(2)10-12-16/h5-12,15H,4,13H2,1-3H3,(H,21,24)/t15-/m0/s1. The zero-order valence-electron chi connectivity index (χ0n) is 16.0. The number of nitrogens with zero attached hydrogens (tertiary/aromatic N) is 2. The summed E-state index contributed by atoms with van der Waals surface area (Å²) in [5, 5.41) is 2.81. The summed E-state index contributed by atoms with van der Waals surface area (Å²) in [6.45, 7) is 5.42. The minimum absolute atomic E-state index is 0.00786. The van der Waals surface area contributed by atoms with Crippen molar-refractivity contribution in [1.82, 2.24) is 5.32 Å². The third-order valence-electron chi connectivity index (χ3n) is 4.67. The average Bonchev–Trinajstić information content (AvgIpc) is 2.66. The summed E-state index contributed by atoms with van der Waals surface area (Å²) in [6, 6.07) is 12.0. The van der Waals surface area contributed by atoms with Crippen LogP contribution in [0.5, 0.6) is 0 Å². The van der Waals surface area contributed by atoms with Crippen LogP contribution in [0.2, 0.25) is 0 Å². The van der Waals surface area contributed by atoms with E-state index in [0.717, 1.165) is 16.3 Å². The Morgan fingerprint density at radius 1 is 1.11 bits per heavy atom. The van der Waals surface area contributed by atoms with Crippen molar-refractivity contribution in [2.45, 2.75) is 38.1 Å². The minimum Gasteiger partial charge on any atom is -0.352 e. The molecule has 0 saturated carbocycles. The number of urea groups is 1. The lowest BCUT2D eigenvalue weighted by molar-refractivity contribution is -0.120. The first-order chi connectivity index (χ1) is 13.3. The number of para-hydroxylation sites is 1. The molecule has 0 aromatic heterocycles. The van der Waals surface area contributed by atoms with Crippen molar-refractivity contribution < 1.29 is 18.0 Å². The predicted octanol–water partition coefficient (Wildman–Crippen LogP) is 3.05. The number of nitrogens with one attached hydrogen (secondary N) is 1. The molecule has 0 spiro atoms. The quantitative estimate of drug-likeness (QED) is 0.834. The van der Waals surface area contributed by atoms with Crippen LogP contribution in [0.4, 0.5) is 16.2 Å². The molecule has 0 fully saturated rings. The molecule has 1 heterocycles. The second-order valence-corrected chi connectivity index (χ2v) is 8.57. The molecule has 148 valence electrons. The molecule has 0 aliphatic carbocycles. The second-order valence-electron chi connectivity index (χ2n) is 6.82. The van der Waals surface area contributed by atoms with Gasteiger partial charge in [-0.2, -0.15) is 4.31 Å². The van der Waals surface area contributed by atoms with Crippen molar-refractivity contribution in [3.63, 3.8) is 0 Å². The Balaban J connectivity index is 2.06. The van der Waals surface area contributed by atoms with E-state index in [1.807, 2.05) is 20.8 Å². The molecule has 0 bridgehead atoms. The summed E-state index contributed by atoms with van der Waals surface area (Å²) >= 11 is 0. The van der Waals surface area contributed by atoms with Gasteiger partial charge in [0.05, 0.1) is 11.4 Å². The fourth-order valence-corrected chi connectivity index (χ4v) is 4.55. The first-order valence-corrected chi connectivity index (χ1v) is 10.5. The maximum atomic E-state index is 13.2. The number of benzene rings is 2. The number of carbonyl (C=O) groups is 2. The molecular weight excluding hydrogens is 378 g/mol. The molecule has 7 nitrogen and oxygen atoms in total. The first kappa shape index (κ1) is 19.9. The van der Waals surface area contributed by atoms with E-state index in [0.29, 0.717) is 0 Å². The molecule has 3 rings (SSSR count). The zero-order valence-corrected chi connectivity index (χ0v) is 16.9. The van der Waals surface area contributed by atoms with E-state index in [1.165, 1.54) is 17.0 Å². The Morgan fingerprint density at radius 3 is 2.39 bits per heavy atom. The summed E-state index contributed by atoms with van der Waals surface area (Å²) in [5.41, 5.74) is 1.38. The van der Waals surface area contributed by atoms with E-state index in [2.05, 4.69) is 5.32 Å². The molecule has 1 atom stereocenters. The van der Waals surface area contributed by atoms with Gasteiger partial charge in [0.2, 0.25) is 5.91 Å². The molecule has 1 aliphatic heterocycles. The van der Waals surface area contributed by atoms with Gasteiger partial charge in [-0.1, -0.05) is 36.8 Å². The van der Waals surface area contributed by atoms with Gasteiger partial charge in [0.1, 0.15) is 11.4 Å². The fraction of sp³-hybridized carbons (Fsp3) is 0.300. The van der Waals surface area contributed by atoms with Gasteiger partial charge in [-0.05, 0) is 44.5 Å². The summed E-state index contributed by atoms with van der Waals surface area (Å²) in [4.78, 5) is 26.8. The lowest BCUT2D eigenvalue weighted by Gasteiger charge is -2.36. The lowest BCUT2D eigenvalue weighted by Crippen LogP contribution is -2.54. The van der Waals surface area contributed by atoms with Crippen LogP contribution in [-0.4, -0.2) is 32.9 Å². The van der Waals surface area contributed by atoms with E-state index in [9.17, 15) is 18.0 Å². The molecule has 2 aromatic carbocycles. The fourth-order valence-electron chi connectivity index (χ4n) is 2.96. The highest BCUT2D eigenvalue weighted by Gasteiger charge is 2.42. The van der Waals surface area contributed by atoms with Gasteiger partial charge in [0.25, 0.3) is 10.0 Å². The van der Waals surface area contributed by atoms with Gasteiger partial charge in [-0.15, -0.1) is 0 Å². The van der Waals surface area contributed by atoms with Crippen molar-refractivity contribution in [2.75, 3.05) is 15.7 Å². The van der Waals surface area contributed by atoms with Gasteiger partial charge in [-0.3, -0.25) is 9.69 Å². The Labute approximate surface area is 165 Å². The highest BCUT2D eigenvalue weighted by Crippen LogP contribution is 2.36. The van der Waals surface area contributed by atoms with Crippen LogP contribution in [0.25, 0.3) is 0 Å². The van der Waals surface area contributed by atoms with Gasteiger partial charge >= 0.3 is 6.03 Å². The third kappa shape index (κ3) is 3.60. The smallest absolute Gasteiger partial charge is 0.343 e. The summed E-state index contributed by atoms with van der Waals surface area (Å²) in [5.74, 6) is -0.347. The first-order valence-electron chi connectivity index (χ1n) is 9.07. The maximum absolute atomic E-state index is 13.2. The Bertz CT molecular complexity index is 1000. The van der Waals surface area contributed by atoms with E-state index < -0.39 is 16.1 Å². The predicted molar refractivity (Wildman–Crippen MR) is 108 cm³/mol. The van der Waals surface area contributed by atoms with Gasteiger partial charge in [-0.25, -0.2) is 13.2 Å². The van der Waals surface area contributed by atoms with Crippen LogP contribution < -0.4 is 14.5 Å². The van der Waals surface area contributed by atoms with E-state index in [4.69, 9.17) is 0 Å². The largest absolute Gasteiger partial charge is 0.352 e. The molecule has 28 heavy (non-hydrogen) atoms. The van der Waals surface area contributed by atoms with Crippen molar-refractivity contribution >= 4 is 33.3 Å². The van der Waals surface area contributed by atoms with Crippen LogP contribution in [0, 0.1) is 6.92 Å². The zero-order chi connectivity index (χ0) is 20.5. The van der Waals surface area contributed by atoms with Crippen LogP contribution in [-0.2, 0) is 14.8 Å². The molecule has 0 unspecified atom stereocenters. The molecule has 0 radical (unpaired) electrons. The number of fused-ring (bicyclic) bond motifs is 1. The number of sulfonamides is 1. The van der Waals surface area contributed by atoms with Crippen molar-refractivity contribution in [3.8, 4) is 0 Å². The number of hydrogen-bond acceptors (Lipinski definition) is 4. The van der Waals surface area contributed by atoms with Crippen LogP contribution in [0.15, 0.2) is 53.4 Å². The SMILES string of the molecule is CC[C@H](C)NC(=O)CN1C(=O)N(c2ccc(C)cc2)S(=O)(=O)c2ccccc21. The number of aryl methyl sites for hydroxylation is 1. The molecule has 2 aromatic rings. The Kier molecular flexibility index (Phi) is 5.42. The molecule has 8 heteroatoms. The number of amides is 3. The monoisotopic (exact) mass is 401 g/mol. The molecule has 1 aliphatic rings. The Morgan fingerprint density at radius 2 is 1.75 bits per heavy atom. The normalized spacial score (nSPS) is 16.5. The molecule has 0 saturated heterocycles. The van der Waals surface area contributed by atoms with E-state index >= 15 is 0 Å². The highest BCUT2D eigenvalue weighted by atomic mass is 32.2. The Hall–Kier alpha value is -2.87. The van der Waals surface area contributed by atoms with Crippen molar-refractivity contribution in [3.05, 3.63) is 54.1 Å². The van der Waals surface area contributed by atoms with Crippen molar-refractivity contribution in [2.24, 2.45) is 0 Å². The summed E-state index contributed by atoms with van der Waals surface area (Å²) < 4.78 is 27.0. The van der Waals surface area contributed by atoms with Gasteiger partial charge < -0.3 is 5.32 Å². The molecule has 3 amide bonds. The minimum atomic E-state index is -4.08. The number of anilines is 2. The topological polar surface area (TPSA) is 86.8 Å². The number of rotatable bonds is 5. The molecule has 1 N–H and O–H groups in total.